The summed E-state index contributed by atoms with van der Waals surface area (Å²) >= 11 is 4.74. The van der Waals surface area contributed by atoms with E-state index in [1.54, 1.807) is 29.2 Å². The molecule has 0 spiro atoms. The molecule has 0 saturated heterocycles. The Labute approximate surface area is 696 Å². The SMILES string of the molecule is C.C=Cc1cccc2c1CCO2.CC(C)c1ccc2c(c1)CC[C@H]1[C@](C)(CN)CCC[C@]21C.CCOC(=O)C=[N+]=[N-].CCOC(=O)[C@@H]1CC1c1cccc2c1CCO2.CC[C@]1(C)CCC[C@]2(C)c3ccc(C(C)C)cc3CC[C@@H]12.O=C(O)[C@@H]1CC1c1cccc2c1CCO2.O=C(O)[C@@H]1CC1c1cccc2c1CCO2.[I][V][I]. The van der Waals surface area contributed by atoms with Crippen LogP contribution < -0.4 is 24.7 Å². The molecule has 17 rings (SSSR count). The van der Waals surface area contributed by atoms with Gasteiger partial charge in [-0.1, -0.05) is 187 Å². The summed E-state index contributed by atoms with van der Waals surface area (Å²) in [4.78, 5) is 45.8. The number of hydrogen-bond acceptors (Lipinski definition) is 11. The summed E-state index contributed by atoms with van der Waals surface area (Å²) in [6.45, 7) is 33.6. The van der Waals surface area contributed by atoms with E-state index in [-0.39, 0.29) is 43.0 Å². The van der Waals surface area contributed by atoms with Crippen molar-refractivity contribution >= 4 is 76.1 Å². The Morgan fingerprint density at radius 3 is 1.33 bits per heavy atom. The van der Waals surface area contributed by atoms with Crippen LogP contribution in [0.15, 0.2) is 116 Å². The standard InChI is InChI=1S/C21H32.C20H31N.C14H16O3.2C12H12O3.C10H10O.C4H6N2O2.CH4.2HI.V/c1-6-20(4)12-7-13-21(5)18-10-8-16(15(2)3)14-17(18)9-11-19(20)21;1-14(2)15-6-8-17-16(12-15)7-9-18-19(3,13-21)10-5-11-20(17,18)4;1-2-16-14(15)12-8-11(12)9-4-3-5-13-10(9)6-7-17-13;2*13-12(14)10-6-9(10)7-2-1-3-11-8(7)4-5-15-11;1-2-8-4-3-5-10-9(8)6-7-11-10;1-2-8-4(7)3-6-5;;;;/h8,10,14-15,19H,6-7,9,11-13H2,1-5H3;6,8,12,14,18H,5,7,9-11,13,21H2,1-4H3;3-5,11-12H,2,6-8H2,1H3;2*1-3,9-10H,4-6H2,(H,13,14);2-5H,1,6-7H2;3H,2H2,1H3;1H4;2*1H;/q;;;;;;;;;;+2/p-2/t19-,20+,21+;18-,19-,20+;11?,12-;2*9?,10-;;;;;;/m00111....../s1. The van der Waals surface area contributed by atoms with Gasteiger partial charge in [0.1, 0.15) is 23.0 Å². The normalized spacial score (nSPS) is 26.3. The molecule has 0 radical (unpaired) electrons. The first-order valence-electron chi connectivity index (χ1n) is 40.8. The summed E-state index contributed by atoms with van der Waals surface area (Å²) < 4.78 is 31.3. The Hall–Kier alpha value is -6.48. The maximum absolute atomic E-state index is 11.6. The fourth-order valence-corrected chi connectivity index (χ4v) is 19.8. The minimum atomic E-state index is -0.670. The maximum atomic E-state index is 11.6. The second-order valence-corrected chi connectivity index (χ2v) is 45.3. The van der Waals surface area contributed by atoms with E-state index in [1.165, 1.54) is 126 Å². The van der Waals surface area contributed by atoms with Crippen molar-refractivity contribution in [3.63, 3.8) is 0 Å². The van der Waals surface area contributed by atoms with E-state index in [0.29, 0.717) is 68.3 Å². The monoisotopic (exact) mass is 1790 g/mol. The van der Waals surface area contributed by atoms with Gasteiger partial charge in [0.05, 0.1) is 57.4 Å². The molecule has 3 unspecified atom stereocenters. The number of aryl methyl sites for hydroxylation is 2. The fourth-order valence-electron chi connectivity index (χ4n) is 19.8. The zero-order chi connectivity index (χ0) is 80.0. The molecule has 5 saturated carbocycles. The van der Waals surface area contributed by atoms with E-state index >= 15 is 0 Å². The van der Waals surface area contributed by atoms with Crippen LogP contribution in [0.25, 0.3) is 11.6 Å². The average molecular weight is 1790 g/mol. The molecule has 4 heterocycles. The number of carboxylic acids is 2. The number of carbonyl (C=O) groups is 4. The quantitative estimate of drug-likeness (QED) is 0.0304. The molecule has 0 aromatic heterocycles. The molecule has 7 aliphatic carbocycles. The minimum absolute atomic E-state index is 0. The van der Waals surface area contributed by atoms with Crippen LogP contribution in [-0.2, 0) is 87.5 Å². The van der Waals surface area contributed by atoms with Crippen LogP contribution in [0.2, 0.25) is 0 Å². The number of carboxylic acid groups (broad SMARTS) is 2. The molecule has 11 aliphatic rings. The molecule has 6 aromatic rings. The van der Waals surface area contributed by atoms with Crippen LogP contribution in [0.5, 0.6) is 23.0 Å². The van der Waals surface area contributed by atoms with Gasteiger partial charge in [-0.3, -0.25) is 14.4 Å². The van der Waals surface area contributed by atoms with Crippen molar-refractivity contribution in [1.82, 2.24) is 0 Å². The fraction of sp³-hybridized carbons (Fsp3) is 0.543. The van der Waals surface area contributed by atoms with Crippen LogP contribution in [0.3, 0.4) is 0 Å². The number of ether oxygens (including phenoxy) is 6. The molecular weight excluding hydrogens is 1670 g/mol. The molecule has 6 aromatic carbocycles. The molecule has 15 nitrogen and oxygen atoms in total. The zero-order valence-electron chi connectivity index (χ0n) is 67.4. The van der Waals surface area contributed by atoms with Gasteiger partial charge in [-0.25, -0.2) is 4.79 Å². The van der Waals surface area contributed by atoms with Gasteiger partial charge in [-0.05, 0) is 234 Å². The second kappa shape index (κ2) is 40.4. The van der Waals surface area contributed by atoms with Crippen molar-refractivity contribution in [1.29, 1.82) is 0 Å². The summed E-state index contributed by atoms with van der Waals surface area (Å²) in [6.07, 6.45) is 23.7. The molecule has 4 aliphatic heterocycles. The van der Waals surface area contributed by atoms with Gasteiger partial charge in [-0.2, -0.15) is 4.79 Å². The molecule has 18 heteroatoms. The number of hydrogen-bond donors (Lipinski definition) is 3. The number of carbonyl (C=O) groups excluding carboxylic acids is 2. The van der Waals surface area contributed by atoms with Crippen molar-refractivity contribution in [3.8, 4) is 23.0 Å². The van der Waals surface area contributed by atoms with Crippen molar-refractivity contribution in [3.05, 3.63) is 199 Å². The molecule has 605 valence electrons. The Morgan fingerprint density at radius 1 is 0.571 bits per heavy atom. The molecule has 112 heavy (non-hydrogen) atoms. The summed E-state index contributed by atoms with van der Waals surface area (Å²) in [7, 11) is 0.628. The Kier molecular flexibility index (Phi) is 32.3. The number of benzene rings is 6. The second-order valence-electron chi connectivity index (χ2n) is 33.5. The molecule has 12 atom stereocenters. The first kappa shape index (κ1) is 89.5. The number of nitrogens with two attached hydrogens (primary N) is 1. The van der Waals surface area contributed by atoms with Crippen molar-refractivity contribution in [2.24, 2.45) is 46.2 Å². The average Bonchev–Trinajstić information content (AvgIpc) is 1.41. The molecular formula is C94H123I2N3O12V. The van der Waals surface area contributed by atoms with Crippen molar-refractivity contribution < 1.29 is 72.1 Å². The number of halogens is 2. The molecule has 4 N–H and O–H groups in total. The predicted molar refractivity (Wildman–Crippen MR) is 461 cm³/mol. The van der Waals surface area contributed by atoms with Crippen LogP contribution in [0.4, 0.5) is 0 Å². The van der Waals surface area contributed by atoms with E-state index in [9.17, 15) is 19.2 Å². The van der Waals surface area contributed by atoms with Crippen LogP contribution >= 0.6 is 40.0 Å². The Bertz CT molecular complexity index is 4130. The third-order valence-corrected chi connectivity index (χ3v) is 26.2. The van der Waals surface area contributed by atoms with E-state index in [1.807, 2.05) is 73.7 Å². The van der Waals surface area contributed by atoms with E-state index in [0.717, 1.165) is 113 Å². The van der Waals surface area contributed by atoms with Crippen LogP contribution in [0.1, 0.15) is 268 Å². The van der Waals surface area contributed by atoms with Crippen LogP contribution in [0, 0.1) is 40.4 Å². The third-order valence-electron chi connectivity index (χ3n) is 26.2. The number of rotatable bonds is 14. The van der Waals surface area contributed by atoms with Gasteiger partial charge in [-0.15, -0.1) is 0 Å². The zero-order valence-corrected chi connectivity index (χ0v) is 73.1. The third kappa shape index (κ3) is 20.8. The summed E-state index contributed by atoms with van der Waals surface area (Å²) in [5, 5.41) is 17.8. The topological polar surface area (TPSA) is 227 Å². The van der Waals surface area contributed by atoms with Gasteiger partial charge in [0.2, 0.25) is 0 Å². The Morgan fingerprint density at radius 2 is 0.955 bits per heavy atom. The first-order valence-corrected chi connectivity index (χ1v) is 49.8. The first-order chi connectivity index (χ1) is 53.3. The van der Waals surface area contributed by atoms with Gasteiger partial charge in [0, 0.05) is 47.9 Å². The van der Waals surface area contributed by atoms with Gasteiger partial charge >= 0.3 is 79.5 Å². The van der Waals surface area contributed by atoms with E-state index in [4.69, 9.17) is 45.2 Å². The van der Waals surface area contributed by atoms with E-state index in [2.05, 4.69) is 167 Å². The molecule has 0 bridgehead atoms. The summed E-state index contributed by atoms with van der Waals surface area (Å²) in [6, 6.07) is 38.8. The number of aliphatic carboxylic acids is 2. The van der Waals surface area contributed by atoms with Crippen molar-refractivity contribution in [2.75, 3.05) is 46.2 Å². The van der Waals surface area contributed by atoms with Crippen LogP contribution in [-0.4, -0.2) is 91.3 Å². The number of fused-ring (bicyclic) bond motifs is 10. The van der Waals surface area contributed by atoms with Gasteiger partial charge in [0.25, 0.3) is 0 Å². The Balaban J connectivity index is 0.000000151. The van der Waals surface area contributed by atoms with Gasteiger partial charge in [0.15, 0.2) is 0 Å². The molecule has 0 amide bonds. The van der Waals surface area contributed by atoms with Crippen molar-refractivity contribution in [2.45, 2.75) is 240 Å². The summed E-state index contributed by atoms with van der Waals surface area (Å²) in [5.74, 6) is 5.33. The molecule has 5 fully saturated rings. The summed E-state index contributed by atoms with van der Waals surface area (Å²) in [5.41, 5.74) is 35.1. The van der Waals surface area contributed by atoms with Gasteiger partial charge < -0.3 is 49.9 Å². The van der Waals surface area contributed by atoms with E-state index < -0.39 is 17.9 Å². The number of nitrogens with zero attached hydrogens (tertiary/aromatic N) is 2. The predicted octanol–water partition coefficient (Wildman–Crippen LogP) is 21.4. The number of esters is 2.